The number of aromatic nitrogens is 3. The number of carbonyl (C=O) groups is 1. The predicted molar refractivity (Wildman–Crippen MR) is 76.4 cm³/mol. The van der Waals surface area contributed by atoms with Crippen LogP contribution in [0.25, 0.3) is 11.3 Å². The Kier molecular flexibility index (Phi) is 3.74. The number of likely N-dealkylation sites (tertiary alicyclic amines) is 1. The Hall–Kier alpha value is -2.15. The maximum absolute atomic E-state index is 11.1. The number of H-pyrrole nitrogens is 1. The molecule has 1 fully saturated rings. The molecule has 2 aromatic heterocycles. The summed E-state index contributed by atoms with van der Waals surface area (Å²) in [5.41, 5.74) is 8.12. The second-order valence-electron chi connectivity index (χ2n) is 5.57. The van der Waals surface area contributed by atoms with Gasteiger partial charge in [0.05, 0.1) is 29.7 Å². The summed E-state index contributed by atoms with van der Waals surface area (Å²) in [5.74, 6) is 0.732. The van der Waals surface area contributed by atoms with Gasteiger partial charge in [-0.2, -0.15) is 5.10 Å². The average Bonchev–Trinajstić information content (AvgIpc) is 3.06. The van der Waals surface area contributed by atoms with Gasteiger partial charge in [-0.1, -0.05) is 5.16 Å². The molecule has 3 N–H and O–H groups in total. The highest BCUT2D eigenvalue weighted by atomic mass is 16.5. The summed E-state index contributed by atoms with van der Waals surface area (Å²) >= 11 is 0. The Bertz CT molecular complexity index is 633. The minimum Gasteiger partial charge on any atom is -0.369 e. The molecule has 1 saturated heterocycles. The summed E-state index contributed by atoms with van der Waals surface area (Å²) in [5, 5.41) is 11.1. The monoisotopic (exact) mass is 289 g/mol. The molecule has 1 aliphatic heterocycles. The van der Waals surface area contributed by atoms with Crippen LogP contribution in [0.15, 0.2) is 16.8 Å². The van der Waals surface area contributed by atoms with E-state index in [9.17, 15) is 4.79 Å². The Morgan fingerprint density at radius 1 is 1.62 bits per heavy atom. The van der Waals surface area contributed by atoms with Gasteiger partial charge < -0.3 is 10.3 Å². The molecule has 7 heteroatoms. The highest BCUT2D eigenvalue weighted by Gasteiger charge is 2.26. The SMILES string of the molecule is Cc1cc(-c2cn[nH]c2C2CCCN(CC(N)=O)C2)on1. The van der Waals surface area contributed by atoms with Gasteiger partial charge in [-0.05, 0) is 26.3 Å². The summed E-state index contributed by atoms with van der Waals surface area (Å²) < 4.78 is 5.33. The number of nitrogens with two attached hydrogens (primary N) is 1. The number of hydrogen-bond donors (Lipinski definition) is 2. The van der Waals surface area contributed by atoms with Gasteiger partial charge in [0.1, 0.15) is 0 Å². The minimum absolute atomic E-state index is 0.286. The molecule has 1 aliphatic rings. The molecule has 7 nitrogen and oxygen atoms in total. The van der Waals surface area contributed by atoms with Gasteiger partial charge in [-0.3, -0.25) is 14.8 Å². The van der Waals surface area contributed by atoms with Crippen LogP contribution in [0.3, 0.4) is 0 Å². The van der Waals surface area contributed by atoms with Crippen molar-refractivity contribution in [2.45, 2.75) is 25.7 Å². The van der Waals surface area contributed by atoms with Crippen LogP contribution in [-0.4, -0.2) is 45.8 Å². The standard InChI is InChI=1S/C14H19N5O2/c1-9-5-12(21-18-9)11-6-16-17-14(11)10-3-2-4-19(7-10)8-13(15)20/h5-6,10H,2-4,7-8H2,1H3,(H2,15,20)(H,16,17). The molecule has 0 bridgehead atoms. The summed E-state index contributed by atoms with van der Waals surface area (Å²) in [4.78, 5) is 13.2. The lowest BCUT2D eigenvalue weighted by Gasteiger charge is -2.31. The number of rotatable bonds is 4. The molecule has 0 aromatic carbocycles. The second-order valence-corrected chi connectivity index (χ2v) is 5.57. The van der Waals surface area contributed by atoms with Crippen molar-refractivity contribution in [1.82, 2.24) is 20.3 Å². The highest BCUT2D eigenvalue weighted by molar-refractivity contribution is 5.75. The lowest BCUT2D eigenvalue weighted by molar-refractivity contribution is -0.119. The van der Waals surface area contributed by atoms with E-state index in [1.165, 1.54) is 0 Å². The van der Waals surface area contributed by atoms with Crippen LogP contribution in [0, 0.1) is 6.92 Å². The van der Waals surface area contributed by atoms with Crippen molar-refractivity contribution in [3.63, 3.8) is 0 Å². The lowest BCUT2D eigenvalue weighted by atomic mass is 9.92. The summed E-state index contributed by atoms with van der Waals surface area (Å²) in [6, 6.07) is 1.90. The zero-order valence-electron chi connectivity index (χ0n) is 12.0. The third-order valence-electron chi connectivity index (χ3n) is 3.86. The van der Waals surface area contributed by atoms with E-state index in [4.69, 9.17) is 10.3 Å². The van der Waals surface area contributed by atoms with E-state index in [0.29, 0.717) is 12.5 Å². The predicted octanol–water partition coefficient (Wildman–Crippen LogP) is 1.04. The molecule has 0 saturated carbocycles. The fraction of sp³-hybridized carbons (Fsp3) is 0.500. The van der Waals surface area contributed by atoms with E-state index in [2.05, 4.69) is 20.3 Å². The zero-order chi connectivity index (χ0) is 14.8. The molecule has 1 amide bonds. The molecular formula is C14H19N5O2. The van der Waals surface area contributed by atoms with Crippen molar-refractivity contribution in [2.24, 2.45) is 5.73 Å². The Balaban J connectivity index is 1.81. The van der Waals surface area contributed by atoms with Gasteiger partial charge in [0.2, 0.25) is 5.91 Å². The summed E-state index contributed by atoms with van der Waals surface area (Å²) in [7, 11) is 0. The fourth-order valence-corrected chi connectivity index (χ4v) is 2.95. The molecule has 0 aliphatic carbocycles. The number of piperidine rings is 1. The van der Waals surface area contributed by atoms with Gasteiger partial charge in [-0.15, -0.1) is 0 Å². The first-order valence-electron chi connectivity index (χ1n) is 7.11. The number of nitrogens with zero attached hydrogens (tertiary/aromatic N) is 3. The molecule has 2 aromatic rings. The third kappa shape index (κ3) is 2.97. The van der Waals surface area contributed by atoms with E-state index in [0.717, 1.165) is 48.6 Å². The Morgan fingerprint density at radius 2 is 2.48 bits per heavy atom. The van der Waals surface area contributed by atoms with Crippen molar-refractivity contribution in [3.8, 4) is 11.3 Å². The van der Waals surface area contributed by atoms with Gasteiger partial charge in [-0.25, -0.2) is 0 Å². The zero-order valence-corrected chi connectivity index (χ0v) is 12.0. The van der Waals surface area contributed by atoms with Crippen LogP contribution in [-0.2, 0) is 4.79 Å². The molecule has 0 spiro atoms. The molecule has 21 heavy (non-hydrogen) atoms. The normalized spacial score (nSPS) is 19.8. The molecular weight excluding hydrogens is 270 g/mol. The smallest absolute Gasteiger partial charge is 0.231 e. The quantitative estimate of drug-likeness (QED) is 0.875. The largest absolute Gasteiger partial charge is 0.369 e. The first kappa shape index (κ1) is 13.8. The fourth-order valence-electron chi connectivity index (χ4n) is 2.95. The molecule has 112 valence electrons. The Labute approximate surface area is 122 Å². The first-order chi connectivity index (χ1) is 10.1. The molecule has 3 heterocycles. The number of amides is 1. The van der Waals surface area contributed by atoms with Crippen LogP contribution in [0.1, 0.15) is 30.1 Å². The van der Waals surface area contributed by atoms with Crippen LogP contribution < -0.4 is 5.73 Å². The molecule has 1 atom stereocenters. The van der Waals surface area contributed by atoms with Crippen molar-refractivity contribution < 1.29 is 9.32 Å². The van der Waals surface area contributed by atoms with Gasteiger partial charge in [0, 0.05) is 18.5 Å². The number of nitrogens with one attached hydrogen (secondary N) is 1. The number of carbonyl (C=O) groups excluding carboxylic acids is 1. The number of primary amides is 1. The van der Waals surface area contributed by atoms with E-state index < -0.39 is 0 Å². The topological polar surface area (TPSA) is 101 Å². The van der Waals surface area contributed by atoms with Crippen molar-refractivity contribution in [1.29, 1.82) is 0 Å². The lowest BCUT2D eigenvalue weighted by Crippen LogP contribution is -2.40. The van der Waals surface area contributed by atoms with E-state index in [-0.39, 0.29) is 5.91 Å². The van der Waals surface area contributed by atoms with Gasteiger partial charge in [0.15, 0.2) is 5.76 Å². The molecule has 3 rings (SSSR count). The van der Waals surface area contributed by atoms with E-state index >= 15 is 0 Å². The first-order valence-corrected chi connectivity index (χ1v) is 7.11. The summed E-state index contributed by atoms with van der Waals surface area (Å²) in [6.07, 6.45) is 3.85. The van der Waals surface area contributed by atoms with Gasteiger partial charge in [0.25, 0.3) is 0 Å². The van der Waals surface area contributed by atoms with E-state index in [1.54, 1.807) is 6.20 Å². The van der Waals surface area contributed by atoms with Crippen molar-refractivity contribution in [3.05, 3.63) is 23.7 Å². The average molecular weight is 289 g/mol. The maximum atomic E-state index is 11.1. The van der Waals surface area contributed by atoms with Gasteiger partial charge >= 0.3 is 0 Å². The minimum atomic E-state index is -0.286. The Morgan fingerprint density at radius 3 is 3.19 bits per heavy atom. The number of aromatic amines is 1. The van der Waals surface area contributed by atoms with Crippen LogP contribution in [0.2, 0.25) is 0 Å². The van der Waals surface area contributed by atoms with Crippen molar-refractivity contribution >= 4 is 5.91 Å². The third-order valence-corrected chi connectivity index (χ3v) is 3.86. The van der Waals surface area contributed by atoms with Crippen LogP contribution in [0.5, 0.6) is 0 Å². The number of aryl methyl sites for hydroxylation is 1. The second kappa shape index (κ2) is 5.69. The van der Waals surface area contributed by atoms with E-state index in [1.807, 2.05) is 13.0 Å². The summed E-state index contributed by atoms with van der Waals surface area (Å²) in [6.45, 7) is 3.90. The maximum Gasteiger partial charge on any atom is 0.231 e. The van der Waals surface area contributed by atoms with Crippen molar-refractivity contribution in [2.75, 3.05) is 19.6 Å². The van der Waals surface area contributed by atoms with Crippen LogP contribution in [0.4, 0.5) is 0 Å². The van der Waals surface area contributed by atoms with Crippen LogP contribution >= 0.6 is 0 Å². The molecule has 0 radical (unpaired) electrons. The molecule has 1 unspecified atom stereocenters. The highest BCUT2D eigenvalue weighted by Crippen LogP contribution is 2.33. The number of hydrogen-bond acceptors (Lipinski definition) is 5.